The molecule has 8 nitrogen and oxygen atoms in total. The summed E-state index contributed by atoms with van der Waals surface area (Å²) in [5.74, 6) is 1.72. The highest BCUT2D eigenvalue weighted by Crippen LogP contribution is 2.38. The minimum atomic E-state index is 0.103. The lowest BCUT2D eigenvalue weighted by Gasteiger charge is -2.16. The van der Waals surface area contributed by atoms with Crippen LogP contribution >= 0.6 is 11.3 Å². The highest BCUT2D eigenvalue weighted by Gasteiger charge is 2.31. The molecule has 1 saturated heterocycles. The van der Waals surface area contributed by atoms with Crippen molar-refractivity contribution in [2.45, 2.75) is 38.1 Å². The van der Waals surface area contributed by atoms with E-state index in [1.807, 2.05) is 34.1 Å². The van der Waals surface area contributed by atoms with Gasteiger partial charge in [-0.25, -0.2) is 4.68 Å². The van der Waals surface area contributed by atoms with Gasteiger partial charge >= 0.3 is 0 Å². The molecule has 1 aliphatic carbocycles. The van der Waals surface area contributed by atoms with Crippen molar-refractivity contribution in [2.24, 2.45) is 0 Å². The van der Waals surface area contributed by atoms with Crippen LogP contribution in [0.5, 0.6) is 0 Å². The van der Waals surface area contributed by atoms with Crippen molar-refractivity contribution in [1.82, 2.24) is 30.0 Å². The normalized spacial score (nSPS) is 20.0. The van der Waals surface area contributed by atoms with Gasteiger partial charge in [0.05, 0.1) is 17.1 Å². The maximum absolute atomic E-state index is 12.7. The monoisotopic (exact) mass is 370 g/mol. The van der Waals surface area contributed by atoms with Crippen LogP contribution in [0.15, 0.2) is 22.2 Å². The molecule has 1 unspecified atom stereocenters. The lowest BCUT2D eigenvalue weighted by atomic mass is 10.2. The molecule has 1 aliphatic heterocycles. The zero-order valence-electron chi connectivity index (χ0n) is 14.3. The summed E-state index contributed by atoms with van der Waals surface area (Å²) in [7, 11) is 0. The quantitative estimate of drug-likeness (QED) is 0.701. The first-order valence-corrected chi connectivity index (χ1v) is 9.66. The molecule has 0 radical (unpaired) electrons. The van der Waals surface area contributed by atoms with Crippen LogP contribution in [0.1, 0.15) is 52.3 Å². The van der Waals surface area contributed by atoms with Gasteiger partial charge in [-0.2, -0.15) is 4.98 Å². The summed E-state index contributed by atoms with van der Waals surface area (Å²) in [6, 6.07) is 2.10. The maximum atomic E-state index is 12.7. The van der Waals surface area contributed by atoms with Gasteiger partial charge in [-0.05, 0) is 43.2 Å². The standard InChI is InChI=1S/C17H18N6O2S/c1-10-5-7-26-14(10)17(24)22-6-4-12(8-22)23-9-13(19-21-23)16-18-15(20-25-16)11-2-3-11/h5,7,9,11-12H,2-4,6,8H2,1H3. The number of carbonyl (C=O) groups is 1. The van der Waals surface area contributed by atoms with Gasteiger partial charge in [0.25, 0.3) is 11.8 Å². The number of carbonyl (C=O) groups excluding carboxylic acids is 1. The zero-order chi connectivity index (χ0) is 17.7. The third-order valence-corrected chi connectivity index (χ3v) is 6.00. The van der Waals surface area contributed by atoms with Crippen molar-refractivity contribution in [3.8, 4) is 11.6 Å². The Morgan fingerprint density at radius 3 is 3.00 bits per heavy atom. The number of amides is 1. The first-order valence-electron chi connectivity index (χ1n) is 8.78. The van der Waals surface area contributed by atoms with E-state index in [-0.39, 0.29) is 11.9 Å². The van der Waals surface area contributed by atoms with Crippen LogP contribution in [0, 0.1) is 6.92 Å². The molecular weight excluding hydrogens is 352 g/mol. The summed E-state index contributed by atoms with van der Waals surface area (Å²) in [5, 5.41) is 14.4. The summed E-state index contributed by atoms with van der Waals surface area (Å²) in [4.78, 5) is 19.8. The van der Waals surface area contributed by atoms with E-state index in [1.165, 1.54) is 11.3 Å². The number of nitrogens with zero attached hydrogens (tertiary/aromatic N) is 6. The smallest absolute Gasteiger partial charge is 0.280 e. The van der Waals surface area contributed by atoms with Crippen LogP contribution in [-0.2, 0) is 0 Å². The van der Waals surface area contributed by atoms with E-state index in [9.17, 15) is 4.79 Å². The van der Waals surface area contributed by atoms with Gasteiger partial charge in [0.1, 0.15) is 0 Å². The Morgan fingerprint density at radius 1 is 1.35 bits per heavy atom. The minimum Gasteiger partial charge on any atom is -0.336 e. The third kappa shape index (κ3) is 2.72. The van der Waals surface area contributed by atoms with E-state index in [0.717, 1.165) is 42.1 Å². The molecule has 0 spiro atoms. The van der Waals surface area contributed by atoms with E-state index in [4.69, 9.17) is 4.52 Å². The minimum absolute atomic E-state index is 0.103. The molecule has 1 amide bonds. The largest absolute Gasteiger partial charge is 0.336 e. The number of aromatic nitrogens is 5. The predicted octanol–water partition coefficient (Wildman–Crippen LogP) is 2.66. The Labute approximate surface area is 153 Å². The van der Waals surface area contributed by atoms with Crippen LogP contribution in [0.3, 0.4) is 0 Å². The van der Waals surface area contributed by atoms with Gasteiger partial charge in [0.15, 0.2) is 11.5 Å². The predicted molar refractivity (Wildman–Crippen MR) is 93.9 cm³/mol. The second-order valence-electron chi connectivity index (χ2n) is 6.94. The van der Waals surface area contributed by atoms with Crippen molar-refractivity contribution in [1.29, 1.82) is 0 Å². The van der Waals surface area contributed by atoms with E-state index in [0.29, 0.717) is 24.0 Å². The second kappa shape index (κ2) is 6.01. The van der Waals surface area contributed by atoms with Crippen molar-refractivity contribution in [2.75, 3.05) is 13.1 Å². The number of hydrogen-bond donors (Lipinski definition) is 0. The Balaban J connectivity index is 1.29. The van der Waals surface area contributed by atoms with Crippen molar-refractivity contribution >= 4 is 17.2 Å². The van der Waals surface area contributed by atoms with Crippen LogP contribution in [0.2, 0.25) is 0 Å². The number of rotatable bonds is 4. The van der Waals surface area contributed by atoms with Gasteiger partial charge in [-0.15, -0.1) is 16.4 Å². The SMILES string of the molecule is Cc1ccsc1C(=O)N1CCC(n2cc(-c3nc(C4CC4)no3)nn2)C1. The average molecular weight is 370 g/mol. The first-order chi connectivity index (χ1) is 12.7. The van der Waals surface area contributed by atoms with Gasteiger partial charge in [0, 0.05) is 19.0 Å². The van der Waals surface area contributed by atoms with E-state index >= 15 is 0 Å². The van der Waals surface area contributed by atoms with E-state index in [1.54, 1.807) is 0 Å². The second-order valence-corrected chi connectivity index (χ2v) is 7.86. The molecule has 0 bridgehead atoms. The van der Waals surface area contributed by atoms with Gasteiger partial charge in [0.2, 0.25) is 0 Å². The van der Waals surface area contributed by atoms with Crippen molar-refractivity contribution < 1.29 is 9.32 Å². The number of thiophene rings is 1. The van der Waals surface area contributed by atoms with Crippen molar-refractivity contribution in [3.05, 3.63) is 33.9 Å². The molecule has 0 aromatic carbocycles. The summed E-state index contributed by atoms with van der Waals surface area (Å²) in [6.07, 6.45) is 4.94. The van der Waals surface area contributed by atoms with Gasteiger partial charge in [-0.1, -0.05) is 10.4 Å². The fraction of sp³-hybridized carbons (Fsp3) is 0.471. The molecule has 5 rings (SSSR count). The Morgan fingerprint density at radius 2 is 2.23 bits per heavy atom. The number of hydrogen-bond acceptors (Lipinski definition) is 7. The Kier molecular flexibility index (Phi) is 3.63. The molecular formula is C17H18N6O2S. The molecule has 26 heavy (non-hydrogen) atoms. The summed E-state index contributed by atoms with van der Waals surface area (Å²) < 4.78 is 7.12. The zero-order valence-corrected chi connectivity index (χ0v) is 15.1. The van der Waals surface area contributed by atoms with Crippen LogP contribution < -0.4 is 0 Å². The Hall–Kier alpha value is -2.55. The molecule has 1 saturated carbocycles. The van der Waals surface area contributed by atoms with Gasteiger partial charge < -0.3 is 9.42 Å². The number of aryl methyl sites for hydroxylation is 1. The topological polar surface area (TPSA) is 89.9 Å². The number of likely N-dealkylation sites (tertiary alicyclic amines) is 1. The average Bonchev–Trinajstić information content (AvgIpc) is 3.14. The lowest BCUT2D eigenvalue weighted by molar-refractivity contribution is 0.0791. The van der Waals surface area contributed by atoms with Gasteiger partial charge in [-0.3, -0.25) is 4.79 Å². The van der Waals surface area contributed by atoms with Crippen molar-refractivity contribution in [3.63, 3.8) is 0 Å². The third-order valence-electron chi connectivity index (χ3n) is 4.99. The molecule has 2 fully saturated rings. The fourth-order valence-electron chi connectivity index (χ4n) is 3.28. The fourth-order valence-corrected chi connectivity index (χ4v) is 4.17. The molecule has 2 aliphatic rings. The molecule has 3 aromatic heterocycles. The molecule has 3 aromatic rings. The molecule has 0 N–H and O–H groups in total. The van der Waals surface area contributed by atoms with E-state index < -0.39 is 0 Å². The first kappa shape index (κ1) is 15.7. The van der Waals surface area contributed by atoms with Crippen LogP contribution in [-0.4, -0.2) is 49.0 Å². The highest BCUT2D eigenvalue weighted by molar-refractivity contribution is 7.12. The molecule has 134 valence electrons. The molecule has 9 heteroatoms. The lowest BCUT2D eigenvalue weighted by Crippen LogP contribution is -2.29. The van der Waals surface area contributed by atoms with Crippen LogP contribution in [0.25, 0.3) is 11.6 Å². The summed E-state index contributed by atoms with van der Waals surface area (Å²) >= 11 is 1.50. The summed E-state index contributed by atoms with van der Waals surface area (Å²) in [5.41, 5.74) is 1.62. The van der Waals surface area contributed by atoms with Crippen LogP contribution in [0.4, 0.5) is 0 Å². The molecule has 4 heterocycles. The molecule has 1 atom stereocenters. The summed E-state index contributed by atoms with van der Waals surface area (Å²) in [6.45, 7) is 3.33. The maximum Gasteiger partial charge on any atom is 0.280 e. The highest BCUT2D eigenvalue weighted by atomic mass is 32.1. The van der Waals surface area contributed by atoms with E-state index in [2.05, 4.69) is 20.5 Å². The Bertz CT molecular complexity index is 956.